The summed E-state index contributed by atoms with van der Waals surface area (Å²) in [5, 5.41) is 10.2. The van der Waals surface area contributed by atoms with Crippen LogP contribution in [0.15, 0.2) is 63.8 Å². The summed E-state index contributed by atoms with van der Waals surface area (Å²) in [6.45, 7) is 0.239. The Hall–Kier alpha value is -1.98. The summed E-state index contributed by atoms with van der Waals surface area (Å²) in [7, 11) is -3.80. The molecule has 3 aromatic rings. The number of anilines is 1. The van der Waals surface area contributed by atoms with Gasteiger partial charge in [0, 0.05) is 17.2 Å². The number of nitrogens with one attached hydrogen (secondary N) is 2. The van der Waals surface area contributed by atoms with Crippen LogP contribution in [0.2, 0.25) is 5.02 Å². The fraction of sp³-hybridized carbons (Fsp3) is 0.118. The normalized spacial score (nSPS) is 11.3. The van der Waals surface area contributed by atoms with E-state index in [1.807, 2.05) is 30.3 Å². The van der Waals surface area contributed by atoms with Crippen LogP contribution in [0.25, 0.3) is 0 Å². The summed E-state index contributed by atoms with van der Waals surface area (Å²) in [6, 6.07) is 16.2. The third kappa shape index (κ3) is 5.52. The van der Waals surface area contributed by atoms with E-state index in [0.29, 0.717) is 5.75 Å². The Bertz CT molecular complexity index is 1060. The van der Waals surface area contributed by atoms with Crippen molar-refractivity contribution in [2.45, 2.75) is 9.24 Å². The average Bonchev–Trinajstić information content (AvgIpc) is 3.16. The van der Waals surface area contributed by atoms with E-state index < -0.39 is 15.9 Å². The van der Waals surface area contributed by atoms with Crippen LogP contribution in [-0.4, -0.2) is 36.8 Å². The Morgan fingerprint density at radius 2 is 1.79 bits per heavy atom. The van der Waals surface area contributed by atoms with Gasteiger partial charge in [0.05, 0.1) is 10.6 Å². The van der Waals surface area contributed by atoms with E-state index in [9.17, 15) is 13.2 Å². The summed E-state index contributed by atoms with van der Waals surface area (Å²) in [4.78, 5) is 13.3. The van der Waals surface area contributed by atoms with Crippen LogP contribution >= 0.6 is 34.7 Å². The highest BCUT2D eigenvalue weighted by atomic mass is 35.5. The lowest BCUT2D eigenvalue weighted by Gasteiger charge is -2.04. The number of thioether (sulfide) groups is 1. The smallest absolute Gasteiger partial charge is 0.269 e. The molecule has 0 unspecified atom stereocenters. The Balaban J connectivity index is 1.56. The first-order valence-corrected chi connectivity index (χ1v) is 11.7. The Morgan fingerprint density at radius 3 is 2.54 bits per heavy atom. The summed E-state index contributed by atoms with van der Waals surface area (Å²) >= 11 is 8.29. The largest absolute Gasteiger partial charge is 0.296 e. The Labute approximate surface area is 175 Å². The second kappa shape index (κ2) is 9.48. The third-order valence-corrected chi connectivity index (χ3v) is 7.39. The molecule has 0 radical (unpaired) electrons. The molecule has 3 rings (SSSR count). The monoisotopic (exact) mass is 454 g/mol. The molecule has 7 nitrogen and oxygen atoms in total. The molecule has 28 heavy (non-hydrogen) atoms. The van der Waals surface area contributed by atoms with Crippen LogP contribution in [0.1, 0.15) is 10.4 Å². The molecule has 1 heterocycles. The van der Waals surface area contributed by atoms with Crippen molar-refractivity contribution in [2.24, 2.45) is 0 Å². The molecule has 2 N–H and O–H groups in total. The zero-order valence-corrected chi connectivity index (χ0v) is 17.5. The van der Waals surface area contributed by atoms with Crippen LogP contribution in [0.3, 0.4) is 0 Å². The Morgan fingerprint density at radius 1 is 1.07 bits per heavy atom. The molecule has 2 aromatic carbocycles. The number of benzene rings is 2. The maximum atomic E-state index is 12.3. The number of aromatic nitrogens is 2. The van der Waals surface area contributed by atoms with Crippen molar-refractivity contribution in [1.82, 2.24) is 14.9 Å². The van der Waals surface area contributed by atoms with Gasteiger partial charge in [-0.1, -0.05) is 53.3 Å². The summed E-state index contributed by atoms with van der Waals surface area (Å²) in [5.41, 5.74) is 0.264. The minimum absolute atomic E-state index is 0.0731. The number of nitrogens with zero attached hydrogens (tertiary/aromatic N) is 2. The van der Waals surface area contributed by atoms with Gasteiger partial charge in [-0.05, 0) is 24.3 Å². The van der Waals surface area contributed by atoms with Crippen LogP contribution in [0, 0.1) is 0 Å². The van der Waals surface area contributed by atoms with Crippen molar-refractivity contribution in [3.8, 4) is 0 Å². The van der Waals surface area contributed by atoms with E-state index in [0.717, 1.165) is 16.2 Å². The highest BCUT2D eigenvalue weighted by Gasteiger charge is 2.21. The average molecular weight is 455 g/mol. The van der Waals surface area contributed by atoms with Gasteiger partial charge < -0.3 is 0 Å². The highest BCUT2D eigenvalue weighted by Crippen LogP contribution is 2.22. The molecular weight excluding hydrogens is 440 g/mol. The number of sulfonamides is 1. The summed E-state index contributed by atoms with van der Waals surface area (Å²) in [6.07, 6.45) is 0. The van der Waals surface area contributed by atoms with Gasteiger partial charge in [-0.25, -0.2) is 13.1 Å². The van der Waals surface area contributed by atoms with Gasteiger partial charge in [0.2, 0.25) is 9.47 Å². The molecule has 0 fully saturated rings. The second-order valence-electron chi connectivity index (χ2n) is 5.37. The minimum atomic E-state index is -3.80. The number of carbonyl (C=O) groups is 1. The number of hydrogen-bond donors (Lipinski definition) is 2. The number of hydrogen-bond acceptors (Lipinski definition) is 7. The van der Waals surface area contributed by atoms with Crippen molar-refractivity contribution in [1.29, 1.82) is 0 Å². The Kier molecular flexibility index (Phi) is 7.03. The van der Waals surface area contributed by atoms with Crippen molar-refractivity contribution in [3.63, 3.8) is 0 Å². The molecule has 0 aliphatic heterocycles. The van der Waals surface area contributed by atoms with Gasteiger partial charge in [0.25, 0.3) is 15.9 Å². The van der Waals surface area contributed by atoms with E-state index in [-0.39, 0.29) is 26.6 Å². The lowest BCUT2D eigenvalue weighted by Crippen LogP contribution is -2.25. The summed E-state index contributed by atoms with van der Waals surface area (Å²) < 4.78 is 26.9. The predicted octanol–water partition coefficient (Wildman–Crippen LogP) is 3.51. The maximum absolute atomic E-state index is 12.3. The highest BCUT2D eigenvalue weighted by molar-refractivity contribution is 7.99. The molecule has 11 heteroatoms. The summed E-state index contributed by atoms with van der Waals surface area (Å²) in [5.74, 6) is 0.0796. The molecule has 0 atom stereocenters. The first-order chi connectivity index (χ1) is 13.5. The molecule has 0 spiro atoms. The maximum Gasteiger partial charge on any atom is 0.269 e. The van der Waals surface area contributed by atoms with E-state index in [4.69, 9.17) is 11.6 Å². The topological polar surface area (TPSA) is 101 Å². The third-order valence-electron chi connectivity index (χ3n) is 3.38. The molecule has 1 amide bonds. The molecule has 0 aliphatic rings. The number of rotatable bonds is 8. The molecule has 146 valence electrons. The minimum Gasteiger partial charge on any atom is -0.296 e. The van der Waals surface area contributed by atoms with Crippen molar-refractivity contribution in [2.75, 3.05) is 17.6 Å². The SMILES string of the molecule is O=C(Nc1nnc(S(=O)(=O)NCCSc2ccccc2)s1)c1ccccc1Cl. The zero-order valence-electron chi connectivity index (χ0n) is 14.3. The van der Waals surface area contributed by atoms with Gasteiger partial charge in [0.1, 0.15) is 0 Å². The van der Waals surface area contributed by atoms with E-state index >= 15 is 0 Å². The van der Waals surface area contributed by atoms with Crippen molar-refractivity contribution in [3.05, 3.63) is 65.2 Å². The lowest BCUT2D eigenvalue weighted by molar-refractivity contribution is 0.102. The first kappa shape index (κ1) is 20.7. The molecule has 1 aromatic heterocycles. The van der Waals surface area contributed by atoms with Gasteiger partial charge >= 0.3 is 0 Å². The fourth-order valence-corrected chi connectivity index (χ4v) is 5.21. The van der Waals surface area contributed by atoms with E-state index in [2.05, 4.69) is 20.2 Å². The van der Waals surface area contributed by atoms with Gasteiger partial charge in [-0.2, -0.15) is 0 Å². The molecule has 0 saturated carbocycles. The number of halogens is 1. The van der Waals surface area contributed by atoms with Crippen LogP contribution < -0.4 is 10.0 Å². The second-order valence-corrected chi connectivity index (χ2v) is 9.86. The van der Waals surface area contributed by atoms with Gasteiger partial charge in [0.15, 0.2) is 0 Å². The first-order valence-electron chi connectivity index (χ1n) is 8.02. The molecule has 0 saturated heterocycles. The van der Waals surface area contributed by atoms with Crippen LogP contribution in [0.5, 0.6) is 0 Å². The molecule has 0 bridgehead atoms. The van der Waals surface area contributed by atoms with Gasteiger partial charge in [-0.15, -0.1) is 22.0 Å². The van der Waals surface area contributed by atoms with E-state index in [1.165, 1.54) is 11.8 Å². The number of carbonyl (C=O) groups excluding carboxylic acids is 1. The predicted molar refractivity (Wildman–Crippen MR) is 112 cm³/mol. The number of amides is 1. The fourth-order valence-electron chi connectivity index (χ4n) is 2.10. The van der Waals surface area contributed by atoms with Crippen molar-refractivity contribution >= 4 is 55.8 Å². The lowest BCUT2D eigenvalue weighted by atomic mass is 10.2. The van der Waals surface area contributed by atoms with Crippen molar-refractivity contribution < 1.29 is 13.2 Å². The molecular formula is C17H15ClN4O3S3. The van der Waals surface area contributed by atoms with Gasteiger partial charge in [-0.3, -0.25) is 10.1 Å². The standard InChI is InChI=1S/C17H15ClN4O3S3/c18-14-9-5-4-8-13(14)15(23)20-16-21-22-17(27-16)28(24,25)19-10-11-26-12-6-2-1-3-7-12/h1-9,19H,10-11H2,(H,20,21,23). The van der Waals surface area contributed by atoms with E-state index in [1.54, 1.807) is 24.3 Å². The van der Waals surface area contributed by atoms with Crippen LogP contribution in [-0.2, 0) is 10.0 Å². The van der Waals surface area contributed by atoms with Crippen LogP contribution in [0.4, 0.5) is 5.13 Å². The zero-order chi connectivity index (χ0) is 20.0. The molecule has 0 aliphatic carbocycles. The quantitative estimate of drug-likeness (QED) is 0.307.